The molecule has 27 heavy (non-hydrogen) atoms. The van der Waals surface area contributed by atoms with Crippen LogP contribution in [0.25, 0.3) is 11.1 Å². The lowest BCUT2D eigenvalue weighted by Gasteiger charge is -2.19. The van der Waals surface area contributed by atoms with Gasteiger partial charge >= 0.3 is 12.1 Å². The van der Waals surface area contributed by atoms with Gasteiger partial charge in [-0.25, -0.2) is 14.0 Å². The third-order valence-corrected chi connectivity index (χ3v) is 4.04. The Hall–Kier alpha value is -3.16. The number of pyridine rings is 1. The molecule has 0 aliphatic heterocycles. The molecule has 0 spiro atoms. The van der Waals surface area contributed by atoms with Crippen LogP contribution in [0.1, 0.15) is 41.4 Å². The molecular formula is C19H21FN2O5. The van der Waals surface area contributed by atoms with Gasteiger partial charge < -0.3 is 19.8 Å². The highest BCUT2D eigenvalue weighted by Gasteiger charge is 2.26. The summed E-state index contributed by atoms with van der Waals surface area (Å²) in [5, 5.41) is 2.44. The predicted octanol–water partition coefficient (Wildman–Crippen LogP) is 2.95. The van der Waals surface area contributed by atoms with Gasteiger partial charge in [0.25, 0.3) is 5.56 Å². The molecule has 1 amide bonds. The molecule has 2 aromatic rings. The number of esters is 1. The zero-order valence-corrected chi connectivity index (χ0v) is 15.5. The van der Waals surface area contributed by atoms with E-state index in [2.05, 4.69) is 15.0 Å². The zero-order valence-electron chi connectivity index (χ0n) is 15.5. The van der Waals surface area contributed by atoms with E-state index in [1.165, 1.54) is 38.5 Å². The summed E-state index contributed by atoms with van der Waals surface area (Å²) in [6, 6.07) is 5.37. The second kappa shape index (κ2) is 8.48. The van der Waals surface area contributed by atoms with Crippen LogP contribution in [-0.2, 0) is 16.0 Å². The quantitative estimate of drug-likeness (QED) is 0.782. The van der Waals surface area contributed by atoms with Crippen molar-refractivity contribution in [3.05, 3.63) is 57.3 Å². The topological polar surface area (TPSA) is 97.5 Å². The maximum atomic E-state index is 13.4. The molecule has 0 aliphatic rings. The number of ether oxygens (including phenoxy) is 2. The van der Waals surface area contributed by atoms with Crippen molar-refractivity contribution >= 4 is 12.1 Å². The molecule has 1 aromatic heterocycles. The summed E-state index contributed by atoms with van der Waals surface area (Å²) >= 11 is 0. The van der Waals surface area contributed by atoms with E-state index in [-0.39, 0.29) is 29.2 Å². The van der Waals surface area contributed by atoms with E-state index >= 15 is 0 Å². The average Bonchev–Trinajstić information content (AvgIpc) is 2.65. The Morgan fingerprint density at radius 2 is 1.78 bits per heavy atom. The number of H-pyrrole nitrogens is 1. The lowest BCUT2D eigenvalue weighted by Crippen LogP contribution is -2.29. The first-order valence-corrected chi connectivity index (χ1v) is 8.25. The van der Waals surface area contributed by atoms with Gasteiger partial charge in [0.2, 0.25) is 0 Å². The first kappa shape index (κ1) is 20.2. The van der Waals surface area contributed by atoms with Gasteiger partial charge in [-0.3, -0.25) is 4.79 Å². The second-order valence-electron chi connectivity index (χ2n) is 6.09. The molecule has 8 heteroatoms. The van der Waals surface area contributed by atoms with Gasteiger partial charge in [0.1, 0.15) is 5.82 Å². The normalized spacial score (nSPS) is 10.6. The molecule has 0 unspecified atom stereocenters. The smallest absolute Gasteiger partial charge is 0.407 e. The molecule has 7 nitrogen and oxygen atoms in total. The monoisotopic (exact) mass is 376 g/mol. The first-order valence-electron chi connectivity index (χ1n) is 8.25. The minimum atomic E-state index is -0.730. The molecular weight excluding hydrogens is 355 g/mol. The van der Waals surface area contributed by atoms with E-state index in [0.29, 0.717) is 11.3 Å². The molecule has 0 radical (unpaired) electrons. The highest BCUT2D eigenvalue weighted by Crippen LogP contribution is 2.31. The molecule has 1 aromatic carbocycles. The van der Waals surface area contributed by atoms with Gasteiger partial charge in [-0.05, 0) is 23.6 Å². The number of aromatic nitrogens is 1. The van der Waals surface area contributed by atoms with E-state index in [4.69, 9.17) is 4.74 Å². The fourth-order valence-electron chi connectivity index (χ4n) is 2.74. The van der Waals surface area contributed by atoms with E-state index < -0.39 is 23.4 Å². The van der Waals surface area contributed by atoms with Crippen LogP contribution < -0.4 is 10.9 Å². The van der Waals surface area contributed by atoms with Crippen LogP contribution in [-0.4, -0.2) is 31.3 Å². The number of alkyl carbamates (subject to hydrolysis) is 1. The second-order valence-corrected chi connectivity index (χ2v) is 6.09. The van der Waals surface area contributed by atoms with E-state index in [0.717, 1.165) is 0 Å². The maximum Gasteiger partial charge on any atom is 0.407 e. The Balaban J connectivity index is 2.82. The Bertz CT molecular complexity index is 904. The fourth-order valence-corrected chi connectivity index (χ4v) is 2.74. The summed E-state index contributed by atoms with van der Waals surface area (Å²) in [4.78, 5) is 39.4. The highest BCUT2D eigenvalue weighted by molar-refractivity contribution is 5.99. The van der Waals surface area contributed by atoms with Gasteiger partial charge in [-0.15, -0.1) is 0 Å². The molecule has 2 N–H and O–H groups in total. The summed E-state index contributed by atoms with van der Waals surface area (Å²) in [6.07, 6.45) is -0.730. The van der Waals surface area contributed by atoms with Gasteiger partial charge in [0.15, 0.2) is 0 Å². The van der Waals surface area contributed by atoms with E-state index in [1.54, 1.807) is 0 Å². The fraction of sp³-hybridized carbons (Fsp3) is 0.316. The van der Waals surface area contributed by atoms with Crippen molar-refractivity contribution < 1.29 is 23.5 Å². The van der Waals surface area contributed by atoms with Crippen molar-refractivity contribution in [2.24, 2.45) is 0 Å². The standard InChI is InChI=1S/C19H21FN2O5/c1-10(2)16-15(18(24)26-3)14(11-5-7-12(20)8-6-11)13(17(23)22-16)9-21-19(25)27-4/h5-8,10H,9H2,1-4H3,(H,21,25)(H,22,23). The van der Waals surface area contributed by atoms with Crippen molar-refractivity contribution in [3.63, 3.8) is 0 Å². The number of amides is 1. The summed E-state index contributed by atoms with van der Waals surface area (Å²) < 4.78 is 22.8. The number of carbonyl (C=O) groups is 2. The molecule has 0 saturated heterocycles. The van der Waals surface area contributed by atoms with E-state index in [1.807, 2.05) is 13.8 Å². The number of hydrogen-bond acceptors (Lipinski definition) is 5. The molecule has 0 bridgehead atoms. The van der Waals surface area contributed by atoms with Crippen LogP contribution in [0.15, 0.2) is 29.1 Å². The van der Waals surface area contributed by atoms with Crippen molar-refractivity contribution in [1.29, 1.82) is 0 Å². The Morgan fingerprint density at radius 3 is 2.30 bits per heavy atom. The van der Waals surface area contributed by atoms with Crippen LogP contribution in [0, 0.1) is 5.82 Å². The molecule has 0 aliphatic carbocycles. The van der Waals surface area contributed by atoms with Crippen molar-refractivity contribution in [1.82, 2.24) is 10.3 Å². The number of hydrogen-bond donors (Lipinski definition) is 2. The third kappa shape index (κ3) is 4.33. The number of carbonyl (C=O) groups excluding carboxylic acids is 2. The zero-order chi connectivity index (χ0) is 20.1. The summed E-state index contributed by atoms with van der Waals surface area (Å²) in [5.41, 5.74) is 0.962. The van der Waals surface area contributed by atoms with Gasteiger partial charge in [0, 0.05) is 16.8 Å². The lowest BCUT2D eigenvalue weighted by atomic mass is 9.91. The molecule has 0 atom stereocenters. The minimum absolute atomic E-state index is 0.136. The number of nitrogens with one attached hydrogen (secondary N) is 2. The Kier molecular flexibility index (Phi) is 6.33. The van der Waals surface area contributed by atoms with Crippen LogP contribution in [0.3, 0.4) is 0 Å². The van der Waals surface area contributed by atoms with Crippen molar-refractivity contribution in [3.8, 4) is 11.1 Å². The maximum absolute atomic E-state index is 13.4. The van der Waals surface area contributed by atoms with Crippen LogP contribution >= 0.6 is 0 Å². The van der Waals surface area contributed by atoms with E-state index in [9.17, 15) is 18.8 Å². The number of aromatic amines is 1. The molecule has 1 heterocycles. The third-order valence-electron chi connectivity index (χ3n) is 4.04. The Labute approximate surface area is 155 Å². The molecule has 0 fully saturated rings. The Morgan fingerprint density at radius 1 is 1.15 bits per heavy atom. The number of rotatable bonds is 5. The van der Waals surface area contributed by atoms with Gasteiger partial charge in [-0.2, -0.15) is 0 Å². The molecule has 144 valence electrons. The van der Waals surface area contributed by atoms with Gasteiger partial charge in [0.05, 0.1) is 26.3 Å². The highest BCUT2D eigenvalue weighted by atomic mass is 19.1. The molecule has 2 rings (SSSR count). The number of benzene rings is 1. The SMILES string of the molecule is COC(=O)NCc1c(-c2ccc(F)cc2)c(C(=O)OC)c(C(C)C)[nH]c1=O. The summed E-state index contributed by atoms with van der Waals surface area (Å²) in [7, 11) is 2.43. The minimum Gasteiger partial charge on any atom is -0.465 e. The summed E-state index contributed by atoms with van der Waals surface area (Å²) in [6.45, 7) is 3.45. The molecule has 0 saturated carbocycles. The van der Waals surface area contributed by atoms with Crippen LogP contribution in [0.2, 0.25) is 0 Å². The number of methoxy groups -OCH3 is 2. The van der Waals surface area contributed by atoms with Crippen LogP contribution in [0.4, 0.5) is 9.18 Å². The largest absolute Gasteiger partial charge is 0.465 e. The van der Waals surface area contributed by atoms with Gasteiger partial charge in [-0.1, -0.05) is 26.0 Å². The number of halogens is 1. The van der Waals surface area contributed by atoms with Crippen molar-refractivity contribution in [2.45, 2.75) is 26.3 Å². The summed E-state index contributed by atoms with van der Waals surface area (Å²) in [5.74, 6) is -1.29. The average molecular weight is 376 g/mol. The van der Waals surface area contributed by atoms with Crippen molar-refractivity contribution in [2.75, 3.05) is 14.2 Å². The predicted molar refractivity (Wildman–Crippen MR) is 97.1 cm³/mol. The lowest BCUT2D eigenvalue weighted by molar-refractivity contribution is 0.0599. The first-order chi connectivity index (χ1) is 12.8. The van der Waals surface area contributed by atoms with Crippen LogP contribution in [0.5, 0.6) is 0 Å².